The van der Waals surface area contributed by atoms with Gasteiger partial charge in [0, 0.05) is 12.6 Å². The molecular formula is C10H14N2S. The Morgan fingerprint density at radius 1 is 1.69 bits per heavy atom. The summed E-state index contributed by atoms with van der Waals surface area (Å²) in [6.45, 7) is 5.19. The van der Waals surface area contributed by atoms with Gasteiger partial charge in [-0.3, -0.25) is 0 Å². The minimum Gasteiger partial charge on any atom is -0.310 e. The number of nitrogens with one attached hydrogen (secondary N) is 1. The fraction of sp³-hybridized carbons (Fsp3) is 0.500. The van der Waals surface area contributed by atoms with Crippen LogP contribution in [-0.4, -0.2) is 6.04 Å². The van der Waals surface area contributed by atoms with Crippen molar-refractivity contribution in [3.8, 4) is 6.07 Å². The second kappa shape index (κ2) is 5.00. The Labute approximate surface area is 83.2 Å². The lowest BCUT2D eigenvalue weighted by Crippen LogP contribution is -2.24. The van der Waals surface area contributed by atoms with Gasteiger partial charge in [-0.05, 0) is 30.4 Å². The summed E-state index contributed by atoms with van der Waals surface area (Å²) < 4.78 is 0. The molecular weight excluding hydrogens is 180 g/mol. The van der Waals surface area contributed by atoms with Crippen LogP contribution in [0.15, 0.2) is 11.4 Å². The maximum absolute atomic E-state index is 8.61. The Bertz CT molecular complexity index is 298. The van der Waals surface area contributed by atoms with Crippen LogP contribution in [0.3, 0.4) is 0 Å². The minimum absolute atomic E-state index is 0.547. The van der Waals surface area contributed by atoms with E-state index in [1.165, 1.54) is 16.9 Å². The van der Waals surface area contributed by atoms with E-state index in [9.17, 15) is 0 Å². The van der Waals surface area contributed by atoms with Gasteiger partial charge in [0.2, 0.25) is 0 Å². The molecule has 1 heterocycles. The van der Waals surface area contributed by atoms with Crippen molar-refractivity contribution in [1.82, 2.24) is 5.32 Å². The van der Waals surface area contributed by atoms with E-state index < -0.39 is 0 Å². The molecule has 0 aliphatic carbocycles. The molecule has 0 aliphatic rings. The topological polar surface area (TPSA) is 35.8 Å². The van der Waals surface area contributed by atoms with Crippen molar-refractivity contribution >= 4 is 11.3 Å². The fourth-order valence-electron chi connectivity index (χ4n) is 0.963. The first kappa shape index (κ1) is 10.2. The third-order valence-electron chi connectivity index (χ3n) is 2.03. The van der Waals surface area contributed by atoms with Crippen molar-refractivity contribution < 1.29 is 0 Å². The zero-order chi connectivity index (χ0) is 9.68. The van der Waals surface area contributed by atoms with Crippen LogP contribution in [-0.2, 0) is 6.54 Å². The van der Waals surface area contributed by atoms with E-state index in [2.05, 4.69) is 25.2 Å². The molecule has 3 heteroatoms. The molecule has 1 aromatic rings. The molecule has 0 amide bonds. The molecule has 0 spiro atoms. The number of rotatable bonds is 4. The Balaban J connectivity index is 2.42. The van der Waals surface area contributed by atoms with E-state index in [4.69, 9.17) is 5.26 Å². The number of thiophene rings is 1. The highest BCUT2D eigenvalue weighted by Crippen LogP contribution is 2.13. The largest absolute Gasteiger partial charge is 0.310 e. The molecule has 70 valence electrons. The lowest BCUT2D eigenvalue weighted by atomic mass is 10.2. The zero-order valence-electron chi connectivity index (χ0n) is 8.00. The summed E-state index contributed by atoms with van der Waals surface area (Å²) in [5, 5.41) is 14.0. The van der Waals surface area contributed by atoms with Gasteiger partial charge in [-0.2, -0.15) is 5.26 Å². The van der Waals surface area contributed by atoms with Crippen LogP contribution >= 0.6 is 11.3 Å². The third-order valence-corrected chi connectivity index (χ3v) is 2.91. The molecule has 13 heavy (non-hydrogen) atoms. The van der Waals surface area contributed by atoms with Crippen LogP contribution in [0.5, 0.6) is 0 Å². The highest BCUT2D eigenvalue weighted by Gasteiger charge is 2.00. The molecule has 0 aliphatic heterocycles. The van der Waals surface area contributed by atoms with Crippen molar-refractivity contribution in [3.63, 3.8) is 0 Å². The van der Waals surface area contributed by atoms with Crippen LogP contribution in [0, 0.1) is 11.3 Å². The highest BCUT2D eigenvalue weighted by molar-refractivity contribution is 7.10. The first-order valence-electron chi connectivity index (χ1n) is 4.47. The summed E-state index contributed by atoms with van der Waals surface area (Å²) in [6.07, 6.45) is 1.13. The van der Waals surface area contributed by atoms with Gasteiger partial charge in [-0.25, -0.2) is 0 Å². The van der Waals surface area contributed by atoms with Gasteiger partial charge in [0.05, 0.1) is 0 Å². The summed E-state index contributed by atoms with van der Waals surface area (Å²) in [5.74, 6) is 0. The lowest BCUT2D eigenvalue weighted by molar-refractivity contribution is 0.535. The van der Waals surface area contributed by atoms with Crippen LogP contribution in [0.4, 0.5) is 0 Å². The van der Waals surface area contributed by atoms with Gasteiger partial charge in [0.1, 0.15) is 10.9 Å². The SMILES string of the molecule is CCC(C)NCc1csc(C#N)c1. The number of nitrogens with zero attached hydrogens (tertiary/aromatic N) is 1. The predicted molar refractivity (Wildman–Crippen MR) is 55.6 cm³/mol. The molecule has 2 nitrogen and oxygen atoms in total. The van der Waals surface area contributed by atoms with Gasteiger partial charge in [-0.15, -0.1) is 11.3 Å². The maximum atomic E-state index is 8.61. The van der Waals surface area contributed by atoms with Crippen molar-refractivity contribution in [1.29, 1.82) is 5.26 Å². The average molecular weight is 194 g/mol. The molecule has 1 N–H and O–H groups in total. The maximum Gasteiger partial charge on any atom is 0.110 e. The standard InChI is InChI=1S/C10H14N2S/c1-3-8(2)12-6-9-4-10(5-11)13-7-9/h4,7-8,12H,3,6H2,1-2H3. The van der Waals surface area contributed by atoms with Crippen molar-refractivity contribution in [2.75, 3.05) is 0 Å². The third kappa shape index (κ3) is 3.17. The van der Waals surface area contributed by atoms with E-state index in [0.29, 0.717) is 6.04 Å². The first-order chi connectivity index (χ1) is 6.26. The lowest BCUT2D eigenvalue weighted by Gasteiger charge is -2.09. The molecule has 1 unspecified atom stereocenters. The van der Waals surface area contributed by atoms with Crippen LogP contribution in [0.1, 0.15) is 30.7 Å². The molecule has 1 atom stereocenters. The minimum atomic E-state index is 0.547. The van der Waals surface area contributed by atoms with E-state index in [-0.39, 0.29) is 0 Å². The molecule has 1 rings (SSSR count). The molecule has 0 fully saturated rings. The highest BCUT2D eigenvalue weighted by atomic mass is 32.1. The van der Waals surface area contributed by atoms with Crippen LogP contribution in [0.25, 0.3) is 0 Å². The average Bonchev–Trinajstić information content (AvgIpc) is 2.61. The summed E-state index contributed by atoms with van der Waals surface area (Å²) in [5.41, 5.74) is 1.21. The van der Waals surface area contributed by atoms with Crippen LogP contribution in [0.2, 0.25) is 0 Å². The molecule has 1 aromatic heterocycles. The monoisotopic (exact) mass is 194 g/mol. The van der Waals surface area contributed by atoms with Crippen LogP contribution < -0.4 is 5.32 Å². The Kier molecular flexibility index (Phi) is 3.94. The number of hydrogen-bond acceptors (Lipinski definition) is 3. The summed E-state index contributed by atoms with van der Waals surface area (Å²) in [4.78, 5) is 0.793. The van der Waals surface area contributed by atoms with Crippen molar-refractivity contribution in [2.24, 2.45) is 0 Å². The van der Waals surface area contributed by atoms with Gasteiger partial charge in [0.25, 0.3) is 0 Å². The molecule has 0 radical (unpaired) electrons. The molecule has 0 saturated heterocycles. The van der Waals surface area contributed by atoms with E-state index in [1.54, 1.807) is 0 Å². The van der Waals surface area contributed by atoms with Gasteiger partial charge >= 0.3 is 0 Å². The molecule has 0 saturated carbocycles. The molecule has 0 bridgehead atoms. The first-order valence-corrected chi connectivity index (χ1v) is 5.35. The second-order valence-electron chi connectivity index (χ2n) is 3.12. The fourth-order valence-corrected chi connectivity index (χ4v) is 1.67. The summed E-state index contributed by atoms with van der Waals surface area (Å²) >= 11 is 1.51. The molecule has 0 aromatic carbocycles. The number of nitriles is 1. The Morgan fingerprint density at radius 2 is 2.46 bits per heavy atom. The summed E-state index contributed by atoms with van der Waals surface area (Å²) in [6, 6.07) is 4.63. The zero-order valence-corrected chi connectivity index (χ0v) is 8.82. The van der Waals surface area contributed by atoms with Gasteiger partial charge in [0.15, 0.2) is 0 Å². The van der Waals surface area contributed by atoms with Crippen molar-refractivity contribution in [3.05, 3.63) is 21.9 Å². The summed E-state index contributed by atoms with van der Waals surface area (Å²) in [7, 11) is 0. The number of hydrogen-bond donors (Lipinski definition) is 1. The van der Waals surface area contributed by atoms with Gasteiger partial charge in [-0.1, -0.05) is 6.92 Å². The normalized spacial score (nSPS) is 12.4. The van der Waals surface area contributed by atoms with E-state index in [1.807, 2.05) is 11.4 Å². The smallest absolute Gasteiger partial charge is 0.110 e. The Morgan fingerprint density at radius 3 is 3.00 bits per heavy atom. The van der Waals surface area contributed by atoms with Crippen molar-refractivity contribution in [2.45, 2.75) is 32.9 Å². The van der Waals surface area contributed by atoms with E-state index in [0.717, 1.165) is 17.8 Å². The Hall–Kier alpha value is -0.850. The quantitative estimate of drug-likeness (QED) is 0.799. The van der Waals surface area contributed by atoms with Gasteiger partial charge < -0.3 is 5.32 Å². The second-order valence-corrected chi connectivity index (χ2v) is 4.03. The predicted octanol–water partition coefficient (Wildman–Crippen LogP) is 2.51. The van der Waals surface area contributed by atoms with E-state index >= 15 is 0 Å².